The minimum atomic E-state index is 0.0992. The zero-order valence-electron chi connectivity index (χ0n) is 13.8. The van der Waals surface area contributed by atoms with Crippen LogP contribution in [0.4, 0.5) is 0 Å². The molecule has 3 heterocycles. The predicted octanol–water partition coefficient (Wildman–Crippen LogP) is 1.79. The van der Waals surface area contributed by atoms with E-state index < -0.39 is 0 Å². The van der Waals surface area contributed by atoms with Crippen molar-refractivity contribution in [1.82, 2.24) is 14.8 Å². The van der Waals surface area contributed by atoms with E-state index in [1.54, 1.807) is 4.90 Å². The molecule has 0 radical (unpaired) electrons. The summed E-state index contributed by atoms with van der Waals surface area (Å²) >= 11 is 0. The molecule has 2 aliphatic rings. The molecule has 2 saturated heterocycles. The van der Waals surface area contributed by atoms with E-state index in [4.69, 9.17) is 0 Å². The third-order valence-electron chi connectivity index (χ3n) is 4.81. The SMILES string of the molecule is Cc1cccc(C[C@H]2CCCN(C(=O)CN3CCCC3=O)C2)n1. The van der Waals surface area contributed by atoms with Gasteiger partial charge in [-0.2, -0.15) is 0 Å². The van der Waals surface area contributed by atoms with Crippen LogP contribution in [-0.2, 0) is 16.0 Å². The number of piperidine rings is 1. The minimum Gasteiger partial charge on any atom is -0.341 e. The number of carbonyl (C=O) groups excluding carboxylic acids is 2. The Labute approximate surface area is 137 Å². The third kappa shape index (κ3) is 4.09. The van der Waals surface area contributed by atoms with E-state index in [9.17, 15) is 9.59 Å². The van der Waals surface area contributed by atoms with Crippen LogP contribution in [0.5, 0.6) is 0 Å². The standard InChI is InChI=1S/C18H25N3O2/c1-14-5-2-7-16(19-14)11-15-6-3-9-20(12-15)18(23)13-21-10-4-8-17(21)22/h2,5,7,15H,3-4,6,8-13H2,1H3/t15-/m1/s1. The number of hydrogen-bond acceptors (Lipinski definition) is 3. The molecule has 3 rings (SSSR count). The van der Waals surface area contributed by atoms with E-state index in [1.807, 2.05) is 24.0 Å². The van der Waals surface area contributed by atoms with Crippen molar-refractivity contribution in [2.24, 2.45) is 5.92 Å². The fourth-order valence-corrected chi connectivity index (χ4v) is 3.60. The fraction of sp³-hybridized carbons (Fsp3) is 0.611. The highest BCUT2D eigenvalue weighted by Gasteiger charge is 2.28. The van der Waals surface area contributed by atoms with Crippen LogP contribution >= 0.6 is 0 Å². The van der Waals surface area contributed by atoms with Crippen molar-refractivity contribution >= 4 is 11.8 Å². The Hall–Kier alpha value is -1.91. The lowest BCUT2D eigenvalue weighted by Crippen LogP contribution is -2.45. The summed E-state index contributed by atoms with van der Waals surface area (Å²) in [6.45, 7) is 4.60. The van der Waals surface area contributed by atoms with Gasteiger partial charge < -0.3 is 9.80 Å². The first kappa shape index (κ1) is 16.0. The van der Waals surface area contributed by atoms with Gasteiger partial charge in [-0.25, -0.2) is 0 Å². The topological polar surface area (TPSA) is 53.5 Å². The maximum Gasteiger partial charge on any atom is 0.242 e. The third-order valence-corrected chi connectivity index (χ3v) is 4.81. The first-order valence-corrected chi connectivity index (χ1v) is 8.60. The van der Waals surface area contributed by atoms with Gasteiger partial charge in [0, 0.05) is 37.4 Å². The van der Waals surface area contributed by atoms with Crippen molar-refractivity contribution < 1.29 is 9.59 Å². The normalized spacial score (nSPS) is 21.8. The van der Waals surface area contributed by atoms with E-state index in [1.165, 1.54) is 0 Å². The van der Waals surface area contributed by atoms with Crippen LogP contribution in [0.3, 0.4) is 0 Å². The summed E-state index contributed by atoms with van der Waals surface area (Å²) in [6.07, 6.45) is 4.58. The average molecular weight is 315 g/mol. The molecule has 0 N–H and O–H groups in total. The van der Waals surface area contributed by atoms with E-state index in [0.29, 0.717) is 12.3 Å². The van der Waals surface area contributed by atoms with E-state index >= 15 is 0 Å². The molecule has 2 aliphatic heterocycles. The summed E-state index contributed by atoms with van der Waals surface area (Å²) < 4.78 is 0. The Balaban J connectivity index is 1.55. The van der Waals surface area contributed by atoms with Gasteiger partial charge in [0.25, 0.3) is 0 Å². The Morgan fingerprint density at radius 2 is 2.17 bits per heavy atom. The smallest absolute Gasteiger partial charge is 0.242 e. The van der Waals surface area contributed by atoms with Crippen LogP contribution in [-0.4, -0.2) is 52.8 Å². The van der Waals surface area contributed by atoms with Crippen molar-refractivity contribution in [1.29, 1.82) is 0 Å². The molecule has 0 bridgehead atoms. The number of aromatic nitrogens is 1. The molecule has 0 spiro atoms. The largest absolute Gasteiger partial charge is 0.341 e. The second-order valence-electron chi connectivity index (χ2n) is 6.74. The summed E-state index contributed by atoms with van der Waals surface area (Å²) in [5, 5.41) is 0. The molecule has 5 nitrogen and oxygen atoms in total. The molecule has 1 aromatic heterocycles. The summed E-state index contributed by atoms with van der Waals surface area (Å²) in [4.78, 5) is 32.4. The monoisotopic (exact) mass is 315 g/mol. The molecule has 5 heteroatoms. The number of hydrogen-bond donors (Lipinski definition) is 0. The van der Waals surface area contributed by atoms with Crippen molar-refractivity contribution in [3.05, 3.63) is 29.6 Å². The molecule has 0 aromatic carbocycles. The highest BCUT2D eigenvalue weighted by Crippen LogP contribution is 2.21. The quantitative estimate of drug-likeness (QED) is 0.851. The van der Waals surface area contributed by atoms with E-state index in [2.05, 4.69) is 11.1 Å². The van der Waals surface area contributed by atoms with Crippen LogP contribution in [0.25, 0.3) is 0 Å². The lowest BCUT2D eigenvalue weighted by molar-refractivity contribution is -0.139. The Morgan fingerprint density at radius 3 is 2.91 bits per heavy atom. The molecular formula is C18H25N3O2. The summed E-state index contributed by atoms with van der Waals surface area (Å²) in [5.41, 5.74) is 2.15. The van der Waals surface area contributed by atoms with Crippen molar-refractivity contribution in [3.63, 3.8) is 0 Å². The first-order chi connectivity index (χ1) is 11.1. The van der Waals surface area contributed by atoms with Gasteiger partial charge in [0.15, 0.2) is 0 Å². The maximum absolute atomic E-state index is 12.5. The molecule has 0 unspecified atom stereocenters. The van der Waals surface area contributed by atoms with Gasteiger partial charge in [-0.15, -0.1) is 0 Å². The number of nitrogens with zero attached hydrogens (tertiary/aromatic N) is 3. The van der Waals surface area contributed by atoms with Crippen LogP contribution in [0.15, 0.2) is 18.2 Å². The lowest BCUT2D eigenvalue weighted by Gasteiger charge is -2.33. The van der Waals surface area contributed by atoms with Gasteiger partial charge in [-0.05, 0) is 50.7 Å². The number of amides is 2. The summed E-state index contributed by atoms with van der Waals surface area (Å²) in [5.74, 6) is 0.689. The fourth-order valence-electron chi connectivity index (χ4n) is 3.60. The van der Waals surface area contributed by atoms with Gasteiger partial charge >= 0.3 is 0 Å². The van der Waals surface area contributed by atoms with E-state index in [-0.39, 0.29) is 18.4 Å². The zero-order chi connectivity index (χ0) is 16.2. The molecule has 1 atom stereocenters. The van der Waals surface area contributed by atoms with Crippen molar-refractivity contribution in [2.75, 3.05) is 26.2 Å². The molecule has 2 fully saturated rings. The van der Waals surface area contributed by atoms with Gasteiger partial charge in [0.05, 0.1) is 6.54 Å². The highest BCUT2D eigenvalue weighted by molar-refractivity contribution is 5.85. The van der Waals surface area contributed by atoms with Crippen molar-refractivity contribution in [3.8, 4) is 0 Å². The minimum absolute atomic E-state index is 0.0992. The molecule has 0 saturated carbocycles. The van der Waals surface area contributed by atoms with Crippen molar-refractivity contribution in [2.45, 2.75) is 39.0 Å². The van der Waals surface area contributed by atoms with Gasteiger partial charge in [-0.1, -0.05) is 6.07 Å². The lowest BCUT2D eigenvalue weighted by atomic mass is 9.93. The molecular weight excluding hydrogens is 290 g/mol. The molecule has 23 heavy (non-hydrogen) atoms. The highest BCUT2D eigenvalue weighted by atomic mass is 16.2. The van der Waals surface area contributed by atoms with E-state index in [0.717, 1.165) is 56.7 Å². The Morgan fingerprint density at radius 1 is 1.30 bits per heavy atom. The second-order valence-corrected chi connectivity index (χ2v) is 6.74. The first-order valence-electron chi connectivity index (χ1n) is 8.60. The average Bonchev–Trinajstić information content (AvgIpc) is 2.93. The number of likely N-dealkylation sites (tertiary alicyclic amines) is 2. The number of carbonyl (C=O) groups is 2. The summed E-state index contributed by atoms with van der Waals surface area (Å²) in [7, 11) is 0. The van der Waals surface area contributed by atoms with Crippen LogP contribution in [0.1, 0.15) is 37.1 Å². The molecule has 124 valence electrons. The number of aryl methyl sites for hydroxylation is 1. The molecule has 0 aliphatic carbocycles. The predicted molar refractivity (Wildman–Crippen MR) is 87.8 cm³/mol. The van der Waals surface area contributed by atoms with Gasteiger partial charge in [-0.3, -0.25) is 14.6 Å². The van der Waals surface area contributed by atoms with Crippen LogP contribution in [0.2, 0.25) is 0 Å². The molecule has 1 aromatic rings. The second kappa shape index (κ2) is 7.11. The number of rotatable bonds is 4. The summed E-state index contributed by atoms with van der Waals surface area (Å²) in [6, 6.07) is 6.12. The molecule has 2 amide bonds. The maximum atomic E-state index is 12.5. The van der Waals surface area contributed by atoms with Gasteiger partial charge in [0.2, 0.25) is 11.8 Å². The van der Waals surface area contributed by atoms with Crippen LogP contribution in [0, 0.1) is 12.8 Å². The van der Waals surface area contributed by atoms with Gasteiger partial charge in [0.1, 0.15) is 0 Å². The zero-order valence-corrected chi connectivity index (χ0v) is 13.8. The number of pyridine rings is 1. The Bertz CT molecular complexity index is 587. The van der Waals surface area contributed by atoms with Crippen LogP contribution < -0.4 is 0 Å². The Kier molecular flexibility index (Phi) is 4.94.